The molecular formula is C12H9NO5. The molecule has 0 spiro atoms. The Hall–Kier alpha value is -2.55. The van der Waals surface area contributed by atoms with Crippen molar-refractivity contribution in [1.82, 2.24) is 0 Å². The fourth-order valence-electron chi connectivity index (χ4n) is 1.77. The molecule has 1 aromatic carbocycles. The summed E-state index contributed by atoms with van der Waals surface area (Å²) in [6.07, 6.45) is -1.04. The summed E-state index contributed by atoms with van der Waals surface area (Å²) < 4.78 is 14.5. The van der Waals surface area contributed by atoms with Crippen LogP contribution < -0.4 is 4.74 Å². The summed E-state index contributed by atoms with van der Waals surface area (Å²) in [4.78, 5) is 26.3. The molecule has 6 nitrogen and oxygen atoms in total. The Bertz CT molecular complexity index is 573. The summed E-state index contributed by atoms with van der Waals surface area (Å²) in [6.45, 7) is 6.96. The second-order valence-electron chi connectivity index (χ2n) is 3.52. The van der Waals surface area contributed by atoms with Crippen LogP contribution >= 0.6 is 0 Å². The maximum absolute atomic E-state index is 11.6. The summed E-state index contributed by atoms with van der Waals surface area (Å²) in [5, 5.41) is 0. The Morgan fingerprint density at radius 1 is 1.44 bits per heavy atom. The van der Waals surface area contributed by atoms with E-state index in [1.54, 1.807) is 0 Å². The first-order valence-electron chi connectivity index (χ1n) is 5.00. The second-order valence-corrected chi connectivity index (χ2v) is 3.52. The van der Waals surface area contributed by atoms with Crippen molar-refractivity contribution >= 4 is 11.9 Å². The van der Waals surface area contributed by atoms with Crippen LogP contribution in [0.3, 0.4) is 0 Å². The largest absolute Gasteiger partial charge is 0.496 e. The molecule has 18 heavy (non-hydrogen) atoms. The molecule has 0 radical (unpaired) electrons. The maximum atomic E-state index is 11.6. The van der Waals surface area contributed by atoms with Gasteiger partial charge in [0.15, 0.2) is 0 Å². The minimum absolute atomic E-state index is 0.186. The number of fused-ring (bicyclic) bond motifs is 1. The van der Waals surface area contributed by atoms with Crippen molar-refractivity contribution in [3.8, 4) is 5.75 Å². The molecule has 0 saturated heterocycles. The average molecular weight is 247 g/mol. The molecule has 0 amide bonds. The molecule has 1 aromatic rings. The lowest BCUT2D eigenvalue weighted by molar-refractivity contribution is 0.0461. The number of ether oxygens (including phenoxy) is 3. The third-order valence-corrected chi connectivity index (χ3v) is 2.58. The maximum Gasteiger partial charge on any atom is 0.397 e. The van der Waals surface area contributed by atoms with Gasteiger partial charge in [0.1, 0.15) is 11.3 Å². The molecule has 1 unspecified atom stereocenters. The second kappa shape index (κ2) is 4.37. The highest BCUT2D eigenvalue weighted by Gasteiger charge is 2.39. The van der Waals surface area contributed by atoms with Crippen molar-refractivity contribution < 1.29 is 23.8 Å². The van der Waals surface area contributed by atoms with Gasteiger partial charge in [0.2, 0.25) is 0 Å². The first-order chi connectivity index (χ1) is 8.62. The highest BCUT2D eigenvalue weighted by atomic mass is 16.6. The van der Waals surface area contributed by atoms with Crippen molar-refractivity contribution in [3.05, 3.63) is 40.2 Å². The van der Waals surface area contributed by atoms with Crippen molar-refractivity contribution in [3.63, 3.8) is 0 Å². The Labute approximate surface area is 103 Å². The van der Waals surface area contributed by atoms with Crippen LogP contribution in [0, 0.1) is 6.57 Å². The van der Waals surface area contributed by atoms with E-state index in [4.69, 9.17) is 16.0 Å². The van der Waals surface area contributed by atoms with E-state index in [0.29, 0.717) is 5.56 Å². The standard InChI is InChI=1S/C12H9NO5/c1-13-10-7-4-6(11(14)17-3)5-8(16-2)9(7)12(15)18-10/h4-5,10H,2-3H3. The number of methoxy groups -OCH3 is 2. The van der Waals surface area contributed by atoms with E-state index in [9.17, 15) is 9.59 Å². The molecule has 0 fully saturated rings. The number of esters is 2. The fraction of sp³-hybridized carbons (Fsp3) is 0.250. The number of hydrogen-bond acceptors (Lipinski definition) is 5. The Balaban J connectivity index is 2.64. The van der Waals surface area contributed by atoms with Gasteiger partial charge in [0.05, 0.1) is 25.3 Å². The van der Waals surface area contributed by atoms with Gasteiger partial charge >= 0.3 is 18.2 Å². The van der Waals surface area contributed by atoms with Gasteiger partial charge in [-0.2, -0.15) is 0 Å². The highest BCUT2D eigenvalue weighted by molar-refractivity contribution is 6.00. The van der Waals surface area contributed by atoms with E-state index < -0.39 is 18.2 Å². The van der Waals surface area contributed by atoms with Crippen molar-refractivity contribution in [2.75, 3.05) is 14.2 Å². The Kier molecular flexibility index (Phi) is 2.90. The van der Waals surface area contributed by atoms with E-state index in [1.165, 1.54) is 26.4 Å². The van der Waals surface area contributed by atoms with E-state index >= 15 is 0 Å². The van der Waals surface area contributed by atoms with Crippen molar-refractivity contribution in [2.45, 2.75) is 6.23 Å². The average Bonchev–Trinajstić information content (AvgIpc) is 2.73. The lowest BCUT2D eigenvalue weighted by atomic mass is 10.0. The molecule has 92 valence electrons. The summed E-state index contributed by atoms with van der Waals surface area (Å²) in [5.74, 6) is -0.998. The Morgan fingerprint density at radius 2 is 2.17 bits per heavy atom. The van der Waals surface area contributed by atoms with E-state index in [1.807, 2.05) is 0 Å². The van der Waals surface area contributed by atoms with E-state index in [-0.39, 0.29) is 16.9 Å². The minimum atomic E-state index is -1.04. The monoisotopic (exact) mass is 247 g/mol. The van der Waals surface area contributed by atoms with E-state index in [0.717, 1.165) is 0 Å². The molecule has 1 heterocycles. The van der Waals surface area contributed by atoms with Crippen LogP contribution in [-0.2, 0) is 9.47 Å². The van der Waals surface area contributed by atoms with Crippen LogP contribution in [0.4, 0.5) is 0 Å². The van der Waals surface area contributed by atoms with Crippen LogP contribution in [0.2, 0.25) is 0 Å². The molecule has 1 aliphatic rings. The van der Waals surface area contributed by atoms with E-state index in [2.05, 4.69) is 9.58 Å². The van der Waals surface area contributed by atoms with Gasteiger partial charge in [-0.1, -0.05) is 0 Å². The number of cyclic esters (lactones) is 1. The molecule has 0 saturated carbocycles. The molecule has 0 bridgehead atoms. The summed E-state index contributed by atoms with van der Waals surface area (Å²) in [7, 11) is 2.62. The van der Waals surface area contributed by atoms with Crippen molar-refractivity contribution in [1.29, 1.82) is 0 Å². The number of nitrogens with zero attached hydrogens (tertiary/aromatic N) is 1. The molecule has 0 aromatic heterocycles. The molecule has 1 atom stereocenters. The SMILES string of the molecule is [C-]#[N+]C1OC(=O)c2c(OC)cc(C(=O)OC)cc21. The van der Waals surface area contributed by atoms with Crippen LogP contribution in [0.15, 0.2) is 12.1 Å². The fourth-order valence-corrected chi connectivity index (χ4v) is 1.77. The van der Waals surface area contributed by atoms with Gasteiger partial charge in [-0.3, -0.25) is 4.85 Å². The zero-order chi connectivity index (χ0) is 13.3. The van der Waals surface area contributed by atoms with Crippen LogP contribution in [-0.4, -0.2) is 26.2 Å². The molecule has 0 N–H and O–H groups in total. The molecule has 0 aliphatic carbocycles. The number of carbonyl (C=O) groups excluding carboxylic acids is 2. The summed E-state index contributed by atoms with van der Waals surface area (Å²) >= 11 is 0. The summed E-state index contributed by atoms with van der Waals surface area (Å²) in [6, 6.07) is 2.80. The van der Waals surface area contributed by atoms with Crippen LogP contribution in [0.25, 0.3) is 4.85 Å². The number of hydrogen-bond donors (Lipinski definition) is 0. The predicted molar refractivity (Wildman–Crippen MR) is 59.1 cm³/mol. The lowest BCUT2D eigenvalue weighted by Crippen LogP contribution is -2.05. The molecule has 1 aliphatic heterocycles. The van der Waals surface area contributed by atoms with Gasteiger partial charge < -0.3 is 14.2 Å². The summed E-state index contributed by atoms with van der Waals surface area (Å²) in [5.41, 5.74) is 0.723. The first-order valence-corrected chi connectivity index (χ1v) is 5.00. The number of carbonyl (C=O) groups is 2. The lowest BCUT2D eigenvalue weighted by Gasteiger charge is -2.06. The quantitative estimate of drug-likeness (QED) is 0.586. The van der Waals surface area contributed by atoms with Gasteiger partial charge in [0.25, 0.3) is 0 Å². The predicted octanol–water partition coefficient (Wildman–Crippen LogP) is 1.57. The van der Waals surface area contributed by atoms with Gasteiger partial charge in [0, 0.05) is 0 Å². The van der Waals surface area contributed by atoms with Gasteiger partial charge in [-0.05, 0) is 12.1 Å². The third kappa shape index (κ3) is 1.66. The molecule has 2 rings (SSSR count). The zero-order valence-electron chi connectivity index (χ0n) is 9.72. The number of rotatable bonds is 2. The minimum Gasteiger partial charge on any atom is -0.496 e. The van der Waals surface area contributed by atoms with Crippen molar-refractivity contribution in [2.24, 2.45) is 0 Å². The normalized spacial score (nSPS) is 16.5. The first kappa shape index (κ1) is 11.9. The van der Waals surface area contributed by atoms with Gasteiger partial charge in [-0.15, -0.1) is 0 Å². The smallest absolute Gasteiger partial charge is 0.397 e. The topological polar surface area (TPSA) is 66.2 Å². The van der Waals surface area contributed by atoms with Crippen LogP contribution in [0.1, 0.15) is 32.5 Å². The zero-order valence-corrected chi connectivity index (χ0v) is 9.72. The Morgan fingerprint density at radius 3 is 2.72 bits per heavy atom. The van der Waals surface area contributed by atoms with Gasteiger partial charge in [-0.25, -0.2) is 16.2 Å². The third-order valence-electron chi connectivity index (χ3n) is 2.58. The molecule has 6 heteroatoms. The van der Waals surface area contributed by atoms with Crippen LogP contribution in [0.5, 0.6) is 5.75 Å². The highest BCUT2D eigenvalue weighted by Crippen LogP contribution is 2.38. The number of benzene rings is 1. The molecular weight excluding hydrogens is 238 g/mol.